The lowest BCUT2D eigenvalue weighted by atomic mass is 9.32. The topological polar surface area (TPSA) is 145 Å². The fraction of sp³-hybridized carbons (Fsp3) is 0.578. The number of aliphatic carboxylic acids is 1. The lowest BCUT2D eigenvalue weighted by Gasteiger charge is -2.71. The van der Waals surface area contributed by atoms with Crippen LogP contribution in [0.1, 0.15) is 113 Å². The standard InChI is InChI=1S/C30H46O3.C15H10O5/c1-25(2)14-16-30(24(32)33)17-15-28(6)19(20(30)18-25)8-9-22-27(5)12-11-23(31)26(3,4)21(27)10-13-29(22,28)7;16-9-3-1-8(2-4-9)11-7-20-13-6-10(17)5-12(18)14(13)15(11)19/h18-19,21-22H,8-17H2,1-7H3,(H,32,33);1-7,16-18H/t19-,21+,22-,27+,28-,29-,30+;/m1./s1. The van der Waals surface area contributed by atoms with Gasteiger partial charge in [-0.1, -0.05) is 72.2 Å². The zero-order valence-corrected chi connectivity index (χ0v) is 32.3. The SMILES string of the molecule is CC1(C)C=C2[C@H]3CC[C@@H]4[C@@]5(C)CCC(=O)C(C)(C)[C@@H]5CC[C@@]4(C)[C@]3(C)CC[C@@]2(C(=O)O)CC1.O=c1c(-c2ccc(O)cc2)coc2cc(O)cc(O)c12. The number of Topliss-reactive ketones (excluding diaryl/α,β-unsaturated/α-hetero) is 1. The number of carboxylic acid groups (broad SMARTS) is 1. The van der Waals surface area contributed by atoms with Crippen molar-refractivity contribution in [1.29, 1.82) is 0 Å². The van der Waals surface area contributed by atoms with E-state index in [1.807, 2.05) is 0 Å². The van der Waals surface area contributed by atoms with Crippen LogP contribution in [0.2, 0.25) is 0 Å². The molecule has 2 aromatic carbocycles. The van der Waals surface area contributed by atoms with Crippen LogP contribution in [-0.2, 0) is 9.59 Å². The highest BCUT2D eigenvalue weighted by Crippen LogP contribution is 2.76. The quantitative estimate of drug-likeness (QED) is 0.191. The number of phenolic OH excluding ortho intramolecular Hbond substituents is 3. The summed E-state index contributed by atoms with van der Waals surface area (Å²) in [7, 11) is 0. The van der Waals surface area contributed by atoms with E-state index in [1.165, 1.54) is 42.9 Å². The van der Waals surface area contributed by atoms with Crippen molar-refractivity contribution in [1.82, 2.24) is 0 Å². The monoisotopic (exact) mass is 724 g/mol. The molecule has 7 atom stereocenters. The van der Waals surface area contributed by atoms with Crippen LogP contribution < -0.4 is 5.43 Å². The van der Waals surface area contributed by atoms with Crippen molar-refractivity contribution in [3.05, 3.63) is 64.5 Å². The largest absolute Gasteiger partial charge is 0.508 e. The highest BCUT2D eigenvalue weighted by atomic mass is 16.4. The molecule has 4 saturated carbocycles. The van der Waals surface area contributed by atoms with Gasteiger partial charge in [-0.25, -0.2) is 0 Å². The minimum atomic E-state index is -0.636. The second-order valence-electron chi connectivity index (χ2n) is 19.1. The van der Waals surface area contributed by atoms with Crippen molar-refractivity contribution in [3.63, 3.8) is 0 Å². The summed E-state index contributed by atoms with van der Waals surface area (Å²) in [4.78, 5) is 38.0. The van der Waals surface area contributed by atoms with E-state index in [0.29, 0.717) is 29.1 Å². The van der Waals surface area contributed by atoms with E-state index >= 15 is 0 Å². The van der Waals surface area contributed by atoms with Crippen LogP contribution in [0.25, 0.3) is 22.1 Å². The second-order valence-corrected chi connectivity index (χ2v) is 19.1. The molecule has 5 aliphatic carbocycles. The Morgan fingerprint density at radius 3 is 2.11 bits per heavy atom. The molecule has 0 spiro atoms. The molecule has 1 heterocycles. The third-order valence-corrected chi connectivity index (χ3v) is 15.8. The number of carbonyl (C=O) groups excluding carboxylic acids is 1. The minimum Gasteiger partial charge on any atom is -0.508 e. The van der Waals surface area contributed by atoms with Crippen LogP contribution in [0.5, 0.6) is 17.2 Å². The van der Waals surface area contributed by atoms with Crippen LogP contribution in [0.15, 0.2) is 63.5 Å². The van der Waals surface area contributed by atoms with Crippen molar-refractivity contribution in [2.45, 2.75) is 113 Å². The normalized spacial score (nSPS) is 35.3. The maximum absolute atomic E-state index is 12.9. The molecule has 53 heavy (non-hydrogen) atoms. The molecule has 0 amide bonds. The Labute approximate surface area is 312 Å². The van der Waals surface area contributed by atoms with Gasteiger partial charge in [-0.05, 0) is 115 Å². The Kier molecular flexibility index (Phi) is 8.59. The van der Waals surface area contributed by atoms with Gasteiger partial charge in [0.05, 0.1) is 11.0 Å². The predicted molar refractivity (Wildman–Crippen MR) is 205 cm³/mol. The number of rotatable bonds is 2. The molecule has 8 nitrogen and oxygen atoms in total. The van der Waals surface area contributed by atoms with Crippen molar-refractivity contribution in [2.24, 2.45) is 50.2 Å². The van der Waals surface area contributed by atoms with Crippen LogP contribution in [0, 0.1) is 50.2 Å². The lowest BCUT2D eigenvalue weighted by molar-refractivity contribution is -0.213. The first kappa shape index (κ1) is 37.3. The molecule has 284 valence electrons. The average Bonchev–Trinajstić information content (AvgIpc) is 3.07. The molecule has 0 bridgehead atoms. The number of aromatic hydroxyl groups is 3. The molecule has 4 fully saturated rings. The maximum Gasteiger partial charge on any atom is 0.313 e. The van der Waals surface area contributed by atoms with E-state index in [1.54, 1.807) is 12.1 Å². The third-order valence-electron chi connectivity index (χ3n) is 15.8. The minimum absolute atomic E-state index is 0.00775. The number of allylic oxidation sites excluding steroid dienone is 1. The summed E-state index contributed by atoms with van der Waals surface area (Å²) < 4.78 is 5.29. The first-order valence-corrected chi connectivity index (χ1v) is 19.5. The van der Waals surface area contributed by atoms with Crippen molar-refractivity contribution < 1.29 is 34.4 Å². The molecule has 8 heteroatoms. The molecular weight excluding hydrogens is 668 g/mol. The molecule has 0 unspecified atom stereocenters. The molecule has 0 radical (unpaired) electrons. The number of hydrogen-bond acceptors (Lipinski definition) is 7. The van der Waals surface area contributed by atoms with E-state index in [4.69, 9.17) is 4.42 Å². The number of ketones is 1. The van der Waals surface area contributed by atoms with Crippen LogP contribution in [0.4, 0.5) is 0 Å². The van der Waals surface area contributed by atoms with E-state index in [2.05, 4.69) is 54.5 Å². The summed E-state index contributed by atoms with van der Waals surface area (Å²) in [6, 6.07) is 8.40. The summed E-state index contributed by atoms with van der Waals surface area (Å²) in [5.41, 5.74) is 1.58. The molecule has 0 saturated heterocycles. The van der Waals surface area contributed by atoms with Crippen molar-refractivity contribution >= 4 is 22.7 Å². The molecule has 0 aliphatic heterocycles. The molecule has 1 aromatic heterocycles. The first-order chi connectivity index (χ1) is 24.7. The molecular formula is C45H56O8. The van der Waals surface area contributed by atoms with E-state index in [9.17, 15) is 34.8 Å². The van der Waals surface area contributed by atoms with Gasteiger partial charge < -0.3 is 24.8 Å². The number of phenols is 3. The van der Waals surface area contributed by atoms with Crippen LogP contribution >= 0.6 is 0 Å². The number of fused-ring (bicyclic) bond motifs is 8. The van der Waals surface area contributed by atoms with Gasteiger partial charge in [0, 0.05) is 24.0 Å². The highest BCUT2D eigenvalue weighted by molar-refractivity contribution is 5.88. The lowest BCUT2D eigenvalue weighted by Crippen LogP contribution is -2.65. The van der Waals surface area contributed by atoms with Gasteiger partial charge in [0.15, 0.2) is 0 Å². The summed E-state index contributed by atoms with van der Waals surface area (Å²) >= 11 is 0. The van der Waals surface area contributed by atoms with Gasteiger partial charge in [-0.15, -0.1) is 0 Å². The Hall–Kier alpha value is -4.07. The fourth-order valence-electron chi connectivity index (χ4n) is 12.6. The smallest absolute Gasteiger partial charge is 0.313 e. The van der Waals surface area contributed by atoms with E-state index in [-0.39, 0.29) is 60.9 Å². The first-order valence-electron chi connectivity index (χ1n) is 19.5. The summed E-state index contributed by atoms with van der Waals surface area (Å²) in [5.74, 6) is 0.915. The Balaban J connectivity index is 0.000000186. The number of carbonyl (C=O) groups is 2. The summed E-state index contributed by atoms with van der Waals surface area (Å²) in [6.07, 6.45) is 13.6. The van der Waals surface area contributed by atoms with Crippen LogP contribution in [-0.4, -0.2) is 32.2 Å². The molecule has 8 rings (SSSR count). The Bertz CT molecular complexity index is 2070. The van der Waals surface area contributed by atoms with Gasteiger partial charge in [0.1, 0.15) is 40.3 Å². The van der Waals surface area contributed by atoms with E-state index in [0.717, 1.165) is 57.4 Å². The molecule has 4 N–H and O–H groups in total. The van der Waals surface area contributed by atoms with Crippen molar-refractivity contribution in [3.8, 4) is 28.4 Å². The van der Waals surface area contributed by atoms with Gasteiger partial charge in [-0.2, -0.15) is 0 Å². The van der Waals surface area contributed by atoms with Gasteiger partial charge in [0.2, 0.25) is 5.43 Å². The third kappa shape index (κ3) is 5.47. The fourth-order valence-corrected chi connectivity index (χ4v) is 12.6. The zero-order chi connectivity index (χ0) is 38.5. The van der Waals surface area contributed by atoms with Crippen LogP contribution in [0.3, 0.4) is 0 Å². The highest BCUT2D eigenvalue weighted by Gasteiger charge is 2.69. The second kappa shape index (κ2) is 12.2. The number of benzene rings is 2. The van der Waals surface area contributed by atoms with E-state index < -0.39 is 16.8 Å². The summed E-state index contributed by atoms with van der Waals surface area (Å²) in [6.45, 7) is 16.6. The Morgan fingerprint density at radius 1 is 0.755 bits per heavy atom. The molecule has 3 aromatic rings. The Morgan fingerprint density at radius 2 is 1.43 bits per heavy atom. The van der Waals surface area contributed by atoms with Gasteiger partial charge >= 0.3 is 5.97 Å². The maximum atomic E-state index is 12.9. The molecule has 5 aliphatic rings. The predicted octanol–water partition coefficient (Wildman–Crippen LogP) is 10.0. The van der Waals surface area contributed by atoms with Gasteiger partial charge in [0.25, 0.3) is 0 Å². The van der Waals surface area contributed by atoms with Gasteiger partial charge in [-0.3, -0.25) is 14.4 Å². The number of hydrogen-bond donors (Lipinski definition) is 4. The zero-order valence-electron chi connectivity index (χ0n) is 32.3. The summed E-state index contributed by atoms with van der Waals surface area (Å²) in [5, 5.41) is 38.9. The average molecular weight is 725 g/mol. The van der Waals surface area contributed by atoms with Crippen molar-refractivity contribution in [2.75, 3.05) is 0 Å². The number of carboxylic acids is 1.